The molecule has 0 radical (unpaired) electrons. The Morgan fingerprint density at radius 2 is 1.80 bits per heavy atom. The lowest BCUT2D eigenvalue weighted by Gasteiger charge is -2.14. The third kappa shape index (κ3) is 2.18. The molecule has 1 N–H and O–H groups in total. The van der Waals surface area contributed by atoms with E-state index in [2.05, 4.69) is 0 Å². The van der Waals surface area contributed by atoms with Gasteiger partial charge in [-0.05, 0) is 0 Å². The smallest absolute Gasteiger partial charge is 0.328 e. The first kappa shape index (κ1) is 10.2. The van der Waals surface area contributed by atoms with Crippen molar-refractivity contribution in [2.24, 2.45) is 11.8 Å². The second-order valence-electron chi connectivity index (χ2n) is 3.97. The van der Waals surface area contributed by atoms with E-state index in [1.165, 1.54) is 0 Å². The van der Waals surface area contributed by atoms with Gasteiger partial charge < -0.3 is 14.7 Å². The summed E-state index contributed by atoms with van der Waals surface area (Å²) in [5.41, 5.74) is 0. The Labute approximate surface area is 87.3 Å². The minimum Gasteiger partial charge on any atom is -0.478 e. The van der Waals surface area contributed by atoms with Gasteiger partial charge >= 0.3 is 5.97 Å². The molecule has 0 aromatic heterocycles. The highest BCUT2D eigenvalue weighted by Gasteiger charge is 2.38. The van der Waals surface area contributed by atoms with Crippen LogP contribution in [0.4, 0.5) is 0 Å². The zero-order valence-electron chi connectivity index (χ0n) is 8.26. The summed E-state index contributed by atoms with van der Waals surface area (Å²) >= 11 is 0. The average Bonchev–Trinajstić information content (AvgIpc) is 2.72. The van der Waals surface area contributed by atoms with E-state index in [4.69, 9.17) is 9.84 Å². The first-order valence-electron chi connectivity index (χ1n) is 4.94. The number of aliphatic carboxylic acids is 1. The van der Waals surface area contributed by atoms with E-state index < -0.39 is 5.97 Å². The summed E-state index contributed by atoms with van der Waals surface area (Å²) in [7, 11) is 0. The van der Waals surface area contributed by atoms with Gasteiger partial charge in [-0.15, -0.1) is 0 Å². The highest BCUT2D eigenvalue weighted by molar-refractivity contribution is 5.94. The van der Waals surface area contributed by atoms with Gasteiger partial charge in [0.25, 0.3) is 0 Å². The summed E-state index contributed by atoms with van der Waals surface area (Å²) in [6.07, 6.45) is 2.00. The fraction of sp³-hybridized carbons (Fsp3) is 0.600. The van der Waals surface area contributed by atoms with Crippen molar-refractivity contribution in [2.45, 2.75) is 0 Å². The first-order valence-corrected chi connectivity index (χ1v) is 4.94. The number of carboxylic acid groups (broad SMARTS) is 1. The van der Waals surface area contributed by atoms with Crippen LogP contribution in [0.3, 0.4) is 0 Å². The normalized spacial score (nSPS) is 29.7. The molecule has 0 bridgehead atoms. The van der Waals surface area contributed by atoms with Crippen LogP contribution in [0.5, 0.6) is 0 Å². The Morgan fingerprint density at radius 1 is 1.20 bits per heavy atom. The summed E-state index contributed by atoms with van der Waals surface area (Å²) in [5.74, 6) is -0.433. The van der Waals surface area contributed by atoms with Crippen molar-refractivity contribution < 1.29 is 19.4 Å². The number of rotatable bonds is 2. The average molecular weight is 211 g/mol. The van der Waals surface area contributed by atoms with Gasteiger partial charge in [-0.3, -0.25) is 4.79 Å². The summed E-state index contributed by atoms with van der Waals surface area (Å²) in [5, 5.41) is 8.39. The molecule has 5 heteroatoms. The Balaban J connectivity index is 1.91. The molecule has 2 unspecified atom stereocenters. The van der Waals surface area contributed by atoms with E-state index in [-0.39, 0.29) is 5.91 Å². The fourth-order valence-electron chi connectivity index (χ4n) is 2.12. The number of ether oxygens (including phenoxy) is 1. The SMILES string of the molecule is O=C(O)/C=C/C(=O)N1CC2COCC2C1. The predicted molar refractivity (Wildman–Crippen MR) is 51.2 cm³/mol. The number of hydrogen-bond acceptors (Lipinski definition) is 3. The maximum atomic E-state index is 11.5. The van der Waals surface area contributed by atoms with Crippen molar-refractivity contribution in [3.63, 3.8) is 0 Å². The number of carbonyl (C=O) groups is 2. The standard InChI is InChI=1S/C10H13NO4/c12-9(1-2-10(13)14)11-3-7-5-15-6-8(7)4-11/h1-2,7-8H,3-6H2,(H,13,14)/b2-1+. The van der Waals surface area contributed by atoms with Gasteiger partial charge in [-0.1, -0.05) is 0 Å². The van der Waals surface area contributed by atoms with Crippen molar-refractivity contribution in [2.75, 3.05) is 26.3 Å². The Bertz CT molecular complexity index is 301. The molecule has 2 saturated heterocycles. The molecule has 15 heavy (non-hydrogen) atoms. The summed E-state index contributed by atoms with van der Waals surface area (Å²) in [6.45, 7) is 2.81. The maximum absolute atomic E-state index is 11.5. The quantitative estimate of drug-likeness (QED) is 0.638. The first-order chi connectivity index (χ1) is 7.16. The Morgan fingerprint density at radius 3 is 2.33 bits per heavy atom. The molecule has 2 aliphatic rings. The van der Waals surface area contributed by atoms with Gasteiger partial charge in [0.15, 0.2) is 0 Å². The number of fused-ring (bicyclic) bond motifs is 1. The summed E-state index contributed by atoms with van der Waals surface area (Å²) < 4.78 is 5.29. The number of hydrogen-bond donors (Lipinski definition) is 1. The van der Waals surface area contributed by atoms with Crippen LogP contribution in [0.25, 0.3) is 0 Å². The van der Waals surface area contributed by atoms with Crippen molar-refractivity contribution in [3.05, 3.63) is 12.2 Å². The number of likely N-dealkylation sites (tertiary alicyclic amines) is 1. The lowest BCUT2D eigenvalue weighted by Crippen LogP contribution is -2.28. The van der Waals surface area contributed by atoms with Gasteiger partial charge in [0.1, 0.15) is 0 Å². The second-order valence-corrected chi connectivity index (χ2v) is 3.97. The third-order valence-electron chi connectivity index (χ3n) is 2.92. The van der Waals surface area contributed by atoms with Crippen molar-refractivity contribution in [3.8, 4) is 0 Å². The molecule has 2 aliphatic heterocycles. The van der Waals surface area contributed by atoms with Crippen LogP contribution in [-0.2, 0) is 14.3 Å². The van der Waals surface area contributed by atoms with E-state index >= 15 is 0 Å². The van der Waals surface area contributed by atoms with Crippen LogP contribution in [0, 0.1) is 11.8 Å². The van der Waals surface area contributed by atoms with E-state index in [0.29, 0.717) is 24.9 Å². The second kappa shape index (κ2) is 4.02. The fourth-order valence-corrected chi connectivity index (χ4v) is 2.12. The Kier molecular flexibility index (Phi) is 2.73. The molecule has 0 aromatic carbocycles. The minimum absolute atomic E-state index is 0.216. The van der Waals surface area contributed by atoms with Gasteiger partial charge in [0, 0.05) is 37.1 Å². The molecule has 0 aliphatic carbocycles. The number of nitrogens with zero attached hydrogens (tertiary/aromatic N) is 1. The monoisotopic (exact) mass is 211 g/mol. The highest BCUT2D eigenvalue weighted by atomic mass is 16.5. The van der Waals surface area contributed by atoms with E-state index in [1.807, 2.05) is 0 Å². The lowest BCUT2D eigenvalue weighted by atomic mass is 10.0. The molecule has 5 nitrogen and oxygen atoms in total. The molecule has 2 heterocycles. The predicted octanol–water partition coefficient (Wildman–Crippen LogP) is -0.268. The highest BCUT2D eigenvalue weighted by Crippen LogP contribution is 2.28. The number of carboxylic acids is 1. The van der Waals surface area contributed by atoms with Crippen molar-refractivity contribution >= 4 is 11.9 Å². The van der Waals surface area contributed by atoms with Gasteiger partial charge in [0.05, 0.1) is 13.2 Å². The molecule has 2 atom stereocenters. The zero-order chi connectivity index (χ0) is 10.8. The molecule has 0 spiro atoms. The molecular weight excluding hydrogens is 198 g/mol. The van der Waals surface area contributed by atoms with Crippen LogP contribution in [0.15, 0.2) is 12.2 Å². The largest absolute Gasteiger partial charge is 0.478 e. The summed E-state index contributed by atoms with van der Waals surface area (Å²) in [4.78, 5) is 23.4. The van der Waals surface area contributed by atoms with Crippen LogP contribution >= 0.6 is 0 Å². The number of amides is 1. The molecule has 82 valence electrons. The Hall–Kier alpha value is -1.36. The van der Waals surface area contributed by atoms with Crippen LogP contribution in [-0.4, -0.2) is 48.2 Å². The van der Waals surface area contributed by atoms with Crippen LogP contribution < -0.4 is 0 Å². The van der Waals surface area contributed by atoms with E-state index in [0.717, 1.165) is 25.4 Å². The third-order valence-corrected chi connectivity index (χ3v) is 2.92. The molecule has 2 rings (SSSR count). The van der Waals surface area contributed by atoms with Crippen molar-refractivity contribution in [1.82, 2.24) is 4.90 Å². The van der Waals surface area contributed by atoms with Crippen LogP contribution in [0.2, 0.25) is 0 Å². The molecule has 0 aromatic rings. The van der Waals surface area contributed by atoms with E-state index in [9.17, 15) is 9.59 Å². The van der Waals surface area contributed by atoms with E-state index in [1.54, 1.807) is 4.90 Å². The number of carbonyl (C=O) groups excluding carboxylic acids is 1. The molecule has 0 saturated carbocycles. The molecular formula is C10H13NO4. The van der Waals surface area contributed by atoms with Gasteiger partial charge in [0.2, 0.25) is 5.91 Å². The zero-order valence-corrected chi connectivity index (χ0v) is 8.26. The van der Waals surface area contributed by atoms with Crippen LogP contribution in [0.1, 0.15) is 0 Å². The lowest BCUT2D eigenvalue weighted by molar-refractivity contribution is -0.132. The van der Waals surface area contributed by atoms with Crippen molar-refractivity contribution in [1.29, 1.82) is 0 Å². The van der Waals surface area contributed by atoms with Gasteiger partial charge in [-0.2, -0.15) is 0 Å². The van der Waals surface area contributed by atoms with Gasteiger partial charge in [-0.25, -0.2) is 4.79 Å². The minimum atomic E-state index is -1.09. The molecule has 1 amide bonds. The topological polar surface area (TPSA) is 66.8 Å². The summed E-state index contributed by atoms with van der Waals surface area (Å²) in [6, 6.07) is 0. The molecule has 2 fully saturated rings. The maximum Gasteiger partial charge on any atom is 0.328 e.